The van der Waals surface area contributed by atoms with E-state index in [0.29, 0.717) is 6.04 Å². The second-order valence-corrected chi connectivity index (χ2v) is 6.14. The summed E-state index contributed by atoms with van der Waals surface area (Å²) in [5.74, 6) is 2.54. The molecule has 1 aliphatic rings. The lowest BCUT2D eigenvalue weighted by Gasteiger charge is -2.27. The molecule has 0 saturated heterocycles. The highest BCUT2D eigenvalue weighted by molar-refractivity contribution is 14.0. The average Bonchev–Trinajstić information content (AvgIpc) is 3.21. The Balaban J connectivity index is 0.00000264. The van der Waals surface area contributed by atoms with E-state index in [4.69, 9.17) is 4.74 Å². The fourth-order valence-electron chi connectivity index (χ4n) is 2.60. The molecule has 0 radical (unpaired) electrons. The highest BCUT2D eigenvalue weighted by Gasteiger charge is 2.33. The van der Waals surface area contributed by atoms with Crippen molar-refractivity contribution in [3.63, 3.8) is 0 Å². The molecule has 3 unspecified atom stereocenters. The van der Waals surface area contributed by atoms with Crippen LogP contribution in [0.4, 0.5) is 0 Å². The van der Waals surface area contributed by atoms with Crippen molar-refractivity contribution in [3.8, 4) is 5.75 Å². The molecular weight excluding hydrogens is 403 g/mol. The van der Waals surface area contributed by atoms with E-state index in [1.807, 2.05) is 25.2 Å². The first-order valence-corrected chi connectivity index (χ1v) is 7.83. The number of hydrogen-bond donors (Lipinski definition) is 2. The topological polar surface area (TPSA) is 48.9 Å². The van der Waals surface area contributed by atoms with Crippen LogP contribution in [0.25, 0.3) is 0 Å². The number of ether oxygens (including phenoxy) is 1. The number of benzene rings is 1. The van der Waals surface area contributed by atoms with Crippen LogP contribution in [-0.4, -0.2) is 51.7 Å². The first kappa shape index (κ1) is 20.0. The van der Waals surface area contributed by atoms with Gasteiger partial charge in [-0.15, -0.1) is 24.0 Å². The van der Waals surface area contributed by atoms with Gasteiger partial charge in [0, 0.05) is 25.2 Å². The number of hydrogen-bond acceptors (Lipinski definition) is 3. The molecule has 1 aromatic rings. The minimum absolute atomic E-state index is 0. The molecule has 0 aromatic heterocycles. The summed E-state index contributed by atoms with van der Waals surface area (Å²) in [4.78, 5) is 6.51. The number of rotatable bonds is 6. The fraction of sp³-hybridized carbons (Fsp3) is 0.588. The summed E-state index contributed by atoms with van der Waals surface area (Å²) >= 11 is 0. The summed E-state index contributed by atoms with van der Waals surface area (Å²) in [6.45, 7) is 3.02. The quantitative estimate of drug-likeness (QED) is 0.412. The van der Waals surface area contributed by atoms with Crippen molar-refractivity contribution in [2.45, 2.75) is 25.4 Å². The lowest BCUT2D eigenvalue weighted by molar-refractivity contribution is 0.287. The number of methoxy groups -OCH3 is 1. The van der Waals surface area contributed by atoms with Crippen LogP contribution >= 0.6 is 24.0 Å². The van der Waals surface area contributed by atoms with Gasteiger partial charge in [-0.1, -0.05) is 25.1 Å². The van der Waals surface area contributed by atoms with Crippen molar-refractivity contribution in [3.05, 3.63) is 29.8 Å². The van der Waals surface area contributed by atoms with Crippen LogP contribution in [0.1, 0.15) is 24.9 Å². The third kappa shape index (κ3) is 5.53. The van der Waals surface area contributed by atoms with Gasteiger partial charge in [-0.3, -0.25) is 4.99 Å². The number of halogens is 1. The first-order valence-electron chi connectivity index (χ1n) is 7.83. The molecule has 2 rings (SSSR count). The third-order valence-corrected chi connectivity index (χ3v) is 4.24. The van der Waals surface area contributed by atoms with Crippen molar-refractivity contribution in [2.75, 3.05) is 34.8 Å². The third-order valence-electron chi connectivity index (χ3n) is 4.24. The Morgan fingerprint density at radius 3 is 2.57 bits per heavy atom. The van der Waals surface area contributed by atoms with Gasteiger partial charge < -0.3 is 20.3 Å². The minimum atomic E-state index is 0. The van der Waals surface area contributed by atoms with Crippen LogP contribution < -0.4 is 15.4 Å². The summed E-state index contributed by atoms with van der Waals surface area (Å²) in [5, 5.41) is 6.89. The number of nitrogens with zero attached hydrogens (tertiary/aromatic N) is 2. The van der Waals surface area contributed by atoms with Gasteiger partial charge in [0.05, 0.1) is 13.2 Å². The van der Waals surface area contributed by atoms with E-state index in [1.54, 1.807) is 7.11 Å². The molecule has 3 atom stereocenters. The van der Waals surface area contributed by atoms with Crippen LogP contribution in [0.2, 0.25) is 0 Å². The second-order valence-electron chi connectivity index (χ2n) is 6.14. The van der Waals surface area contributed by atoms with E-state index in [-0.39, 0.29) is 30.0 Å². The van der Waals surface area contributed by atoms with Gasteiger partial charge in [0.15, 0.2) is 5.96 Å². The Bertz CT molecular complexity index is 521. The van der Waals surface area contributed by atoms with Gasteiger partial charge in [0.2, 0.25) is 0 Å². The zero-order chi connectivity index (χ0) is 16.1. The molecule has 6 heteroatoms. The van der Waals surface area contributed by atoms with Crippen molar-refractivity contribution in [1.29, 1.82) is 0 Å². The van der Waals surface area contributed by atoms with E-state index >= 15 is 0 Å². The van der Waals surface area contributed by atoms with Crippen molar-refractivity contribution >= 4 is 29.9 Å². The largest absolute Gasteiger partial charge is 0.496 e. The number of para-hydroxylation sites is 1. The van der Waals surface area contributed by atoms with Crippen molar-refractivity contribution in [1.82, 2.24) is 15.5 Å². The van der Waals surface area contributed by atoms with E-state index in [1.165, 1.54) is 12.0 Å². The molecule has 5 nitrogen and oxygen atoms in total. The molecule has 0 heterocycles. The Labute approximate surface area is 156 Å². The summed E-state index contributed by atoms with van der Waals surface area (Å²) in [5.41, 5.74) is 1.18. The molecule has 1 aliphatic carbocycles. The number of likely N-dealkylation sites (N-methyl/N-ethyl adjacent to an activating group) is 1. The molecule has 2 N–H and O–H groups in total. The number of nitrogens with one attached hydrogen (secondary N) is 2. The normalized spacial score (nSPS) is 21.4. The standard InChI is InChI=1S/C17H28N4O.HI/c1-12-10-14(12)20-17(18-2)19-11-15(21(3)4)13-8-6-7-9-16(13)22-5;/h6-9,12,14-15H,10-11H2,1-5H3,(H2,18,19,20);1H. The lowest BCUT2D eigenvalue weighted by Crippen LogP contribution is -2.43. The molecule has 1 fully saturated rings. The van der Waals surface area contributed by atoms with Gasteiger partial charge in [-0.25, -0.2) is 0 Å². The first-order chi connectivity index (χ1) is 10.6. The Kier molecular flexibility index (Phi) is 8.11. The van der Waals surface area contributed by atoms with E-state index in [2.05, 4.69) is 47.6 Å². The molecule has 1 saturated carbocycles. The molecule has 23 heavy (non-hydrogen) atoms. The van der Waals surface area contributed by atoms with Crippen LogP contribution in [-0.2, 0) is 0 Å². The van der Waals surface area contributed by atoms with Gasteiger partial charge in [-0.2, -0.15) is 0 Å². The smallest absolute Gasteiger partial charge is 0.191 e. The SMILES string of the molecule is CN=C(NCC(c1ccccc1OC)N(C)C)NC1CC1C.I. The van der Waals surface area contributed by atoms with Crippen molar-refractivity contribution < 1.29 is 4.74 Å². The molecule has 0 spiro atoms. The van der Waals surface area contributed by atoms with Gasteiger partial charge in [-0.05, 0) is 32.5 Å². The van der Waals surface area contributed by atoms with E-state index < -0.39 is 0 Å². The monoisotopic (exact) mass is 432 g/mol. The maximum absolute atomic E-state index is 5.50. The maximum Gasteiger partial charge on any atom is 0.191 e. The fourth-order valence-corrected chi connectivity index (χ4v) is 2.60. The zero-order valence-electron chi connectivity index (χ0n) is 14.7. The highest BCUT2D eigenvalue weighted by atomic mass is 127. The lowest BCUT2D eigenvalue weighted by atomic mass is 10.0. The highest BCUT2D eigenvalue weighted by Crippen LogP contribution is 2.29. The van der Waals surface area contributed by atoms with Crippen LogP contribution in [0.15, 0.2) is 29.3 Å². The molecular formula is C17H29IN4O. The average molecular weight is 432 g/mol. The molecule has 1 aromatic carbocycles. The van der Waals surface area contributed by atoms with Crippen molar-refractivity contribution in [2.24, 2.45) is 10.9 Å². The van der Waals surface area contributed by atoms with E-state index in [0.717, 1.165) is 24.2 Å². The van der Waals surface area contributed by atoms with Crippen LogP contribution in [0.3, 0.4) is 0 Å². The summed E-state index contributed by atoms with van der Waals surface area (Å²) in [6.07, 6.45) is 1.23. The van der Waals surface area contributed by atoms with Gasteiger partial charge in [0.25, 0.3) is 0 Å². The Morgan fingerprint density at radius 2 is 2.04 bits per heavy atom. The number of aliphatic imine (C=N–C) groups is 1. The van der Waals surface area contributed by atoms with E-state index in [9.17, 15) is 0 Å². The zero-order valence-corrected chi connectivity index (χ0v) is 17.0. The molecule has 130 valence electrons. The molecule has 0 amide bonds. The van der Waals surface area contributed by atoms with Crippen LogP contribution in [0.5, 0.6) is 5.75 Å². The molecule has 0 aliphatic heterocycles. The predicted octanol–water partition coefficient (Wildman–Crippen LogP) is 2.49. The number of guanidine groups is 1. The Morgan fingerprint density at radius 1 is 1.39 bits per heavy atom. The molecule has 0 bridgehead atoms. The summed E-state index contributed by atoms with van der Waals surface area (Å²) in [7, 11) is 7.69. The van der Waals surface area contributed by atoms with Crippen LogP contribution in [0, 0.1) is 5.92 Å². The summed E-state index contributed by atoms with van der Waals surface area (Å²) < 4.78 is 5.50. The van der Waals surface area contributed by atoms with Gasteiger partial charge in [0.1, 0.15) is 5.75 Å². The Hall–Kier alpha value is -1.02. The second kappa shape index (κ2) is 9.32. The van der Waals surface area contributed by atoms with Gasteiger partial charge >= 0.3 is 0 Å². The predicted molar refractivity (Wildman–Crippen MR) is 107 cm³/mol. The minimum Gasteiger partial charge on any atom is -0.496 e. The summed E-state index contributed by atoms with van der Waals surface area (Å²) in [6, 6.07) is 8.95. The maximum atomic E-state index is 5.50.